The molecule has 1 aromatic rings. The molecular formula is C11H16N3. The average molecular weight is 190 g/mol. The quantitative estimate of drug-likeness (QED) is 0.664. The molecule has 1 aliphatic rings. The maximum Gasteiger partial charge on any atom is 0.131 e. The third kappa shape index (κ3) is 1.73. The number of anilines is 1. The standard InChI is InChI=1S/C11H16N3/c1-9-3-4-13-11(10(9)2)14-7-5-12-6-8-14/h3-4H,5-8H2,1-2H3. The van der Waals surface area contributed by atoms with E-state index in [0.29, 0.717) is 0 Å². The lowest BCUT2D eigenvalue weighted by atomic mass is 10.1. The van der Waals surface area contributed by atoms with Gasteiger partial charge in [0.15, 0.2) is 0 Å². The van der Waals surface area contributed by atoms with E-state index in [1.165, 1.54) is 11.1 Å². The molecule has 2 heterocycles. The number of pyridine rings is 1. The molecule has 0 saturated carbocycles. The Hall–Kier alpha value is -1.09. The summed E-state index contributed by atoms with van der Waals surface area (Å²) in [6, 6.07) is 2.06. The first kappa shape index (κ1) is 9.46. The minimum atomic E-state index is 0.940. The fourth-order valence-electron chi connectivity index (χ4n) is 1.75. The summed E-state index contributed by atoms with van der Waals surface area (Å²) < 4.78 is 0. The lowest BCUT2D eigenvalue weighted by Crippen LogP contribution is -2.41. The van der Waals surface area contributed by atoms with Gasteiger partial charge in [0, 0.05) is 32.4 Å². The Morgan fingerprint density at radius 2 is 1.93 bits per heavy atom. The van der Waals surface area contributed by atoms with Crippen LogP contribution >= 0.6 is 0 Å². The van der Waals surface area contributed by atoms with Gasteiger partial charge in [0.25, 0.3) is 0 Å². The minimum Gasteiger partial charge on any atom is -0.354 e. The summed E-state index contributed by atoms with van der Waals surface area (Å²) in [6.45, 7) is 8.18. The second kappa shape index (κ2) is 3.96. The first-order valence-electron chi connectivity index (χ1n) is 5.09. The highest BCUT2D eigenvalue weighted by Crippen LogP contribution is 2.19. The van der Waals surface area contributed by atoms with Crippen molar-refractivity contribution in [2.75, 3.05) is 31.1 Å². The smallest absolute Gasteiger partial charge is 0.131 e. The van der Waals surface area contributed by atoms with Crippen molar-refractivity contribution in [1.29, 1.82) is 0 Å². The second-order valence-corrected chi connectivity index (χ2v) is 3.73. The average Bonchev–Trinajstić information content (AvgIpc) is 2.23. The van der Waals surface area contributed by atoms with Crippen molar-refractivity contribution in [1.82, 2.24) is 10.3 Å². The van der Waals surface area contributed by atoms with Gasteiger partial charge in [0.2, 0.25) is 0 Å². The number of rotatable bonds is 1. The van der Waals surface area contributed by atoms with E-state index in [1.54, 1.807) is 0 Å². The molecule has 0 aliphatic carbocycles. The summed E-state index contributed by atoms with van der Waals surface area (Å²) in [4.78, 5) is 6.78. The highest BCUT2D eigenvalue weighted by atomic mass is 15.2. The van der Waals surface area contributed by atoms with Crippen molar-refractivity contribution in [3.8, 4) is 0 Å². The third-order valence-electron chi connectivity index (χ3n) is 2.80. The molecule has 0 spiro atoms. The van der Waals surface area contributed by atoms with Gasteiger partial charge in [-0.2, -0.15) is 0 Å². The van der Waals surface area contributed by atoms with Crippen LogP contribution in [0.2, 0.25) is 0 Å². The zero-order valence-electron chi connectivity index (χ0n) is 8.82. The molecule has 0 unspecified atom stereocenters. The molecule has 75 valence electrons. The number of nitrogens with zero attached hydrogens (tertiary/aromatic N) is 3. The number of aryl methyl sites for hydroxylation is 1. The normalized spacial score (nSPS) is 17.1. The van der Waals surface area contributed by atoms with Gasteiger partial charge >= 0.3 is 0 Å². The Bertz CT molecular complexity index is 316. The van der Waals surface area contributed by atoms with Crippen LogP contribution in [0.4, 0.5) is 5.82 Å². The Morgan fingerprint density at radius 3 is 2.64 bits per heavy atom. The van der Waals surface area contributed by atoms with E-state index < -0.39 is 0 Å². The van der Waals surface area contributed by atoms with Crippen LogP contribution in [0.15, 0.2) is 12.3 Å². The van der Waals surface area contributed by atoms with E-state index in [0.717, 1.165) is 32.0 Å². The molecule has 0 N–H and O–H groups in total. The summed E-state index contributed by atoms with van der Waals surface area (Å²) >= 11 is 0. The molecule has 1 aliphatic heterocycles. The Labute approximate surface area is 85.1 Å². The fraction of sp³-hybridized carbons (Fsp3) is 0.545. The van der Waals surface area contributed by atoms with Gasteiger partial charge in [0.1, 0.15) is 5.82 Å². The molecule has 0 amide bonds. The van der Waals surface area contributed by atoms with Crippen LogP contribution in [0, 0.1) is 13.8 Å². The van der Waals surface area contributed by atoms with Crippen LogP contribution in [0.25, 0.3) is 0 Å². The topological polar surface area (TPSA) is 30.2 Å². The molecule has 1 radical (unpaired) electrons. The van der Waals surface area contributed by atoms with E-state index in [9.17, 15) is 0 Å². The molecule has 1 fully saturated rings. The summed E-state index contributed by atoms with van der Waals surface area (Å²) in [5.74, 6) is 1.14. The van der Waals surface area contributed by atoms with Gasteiger partial charge < -0.3 is 4.90 Å². The third-order valence-corrected chi connectivity index (χ3v) is 2.80. The lowest BCUT2D eigenvalue weighted by molar-refractivity contribution is 0.574. The largest absolute Gasteiger partial charge is 0.354 e. The lowest BCUT2D eigenvalue weighted by Gasteiger charge is -2.29. The Balaban J connectivity index is 2.26. The van der Waals surface area contributed by atoms with Crippen molar-refractivity contribution < 1.29 is 0 Å². The molecule has 3 nitrogen and oxygen atoms in total. The number of piperazine rings is 1. The summed E-state index contributed by atoms with van der Waals surface area (Å²) in [5, 5.41) is 4.34. The molecule has 3 heteroatoms. The molecule has 1 saturated heterocycles. The molecule has 14 heavy (non-hydrogen) atoms. The van der Waals surface area contributed by atoms with Crippen LogP contribution in [0.1, 0.15) is 11.1 Å². The van der Waals surface area contributed by atoms with Crippen molar-refractivity contribution in [2.45, 2.75) is 13.8 Å². The summed E-state index contributed by atoms with van der Waals surface area (Å²) in [6.07, 6.45) is 1.89. The van der Waals surface area contributed by atoms with Crippen LogP contribution < -0.4 is 10.2 Å². The van der Waals surface area contributed by atoms with E-state index in [4.69, 9.17) is 0 Å². The van der Waals surface area contributed by atoms with E-state index in [1.807, 2.05) is 6.20 Å². The maximum absolute atomic E-state index is 4.45. The SMILES string of the molecule is Cc1ccnc(N2CC[N]CC2)c1C. The number of aromatic nitrogens is 1. The van der Waals surface area contributed by atoms with Crippen molar-refractivity contribution in [2.24, 2.45) is 0 Å². The summed E-state index contributed by atoms with van der Waals surface area (Å²) in [5.41, 5.74) is 2.62. The minimum absolute atomic E-state index is 0.940. The van der Waals surface area contributed by atoms with E-state index in [-0.39, 0.29) is 0 Å². The van der Waals surface area contributed by atoms with Crippen molar-refractivity contribution in [3.63, 3.8) is 0 Å². The van der Waals surface area contributed by atoms with Gasteiger partial charge in [0.05, 0.1) is 0 Å². The van der Waals surface area contributed by atoms with Gasteiger partial charge in [-0.05, 0) is 31.0 Å². The molecule has 0 aromatic carbocycles. The molecule has 0 atom stereocenters. The van der Waals surface area contributed by atoms with E-state index in [2.05, 4.69) is 35.1 Å². The zero-order chi connectivity index (χ0) is 9.97. The van der Waals surface area contributed by atoms with Gasteiger partial charge in [-0.3, -0.25) is 0 Å². The van der Waals surface area contributed by atoms with Gasteiger partial charge in [-0.15, -0.1) is 0 Å². The van der Waals surface area contributed by atoms with Crippen molar-refractivity contribution in [3.05, 3.63) is 23.4 Å². The van der Waals surface area contributed by atoms with Crippen LogP contribution in [-0.4, -0.2) is 31.2 Å². The summed E-state index contributed by atoms with van der Waals surface area (Å²) in [7, 11) is 0. The predicted octanol–water partition coefficient (Wildman–Crippen LogP) is 1.12. The number of hydrogen-bond donors (Lipinski definition) is 0. The van der Waals surface area contributed by atoms with Gasteiger partial charge in [-0.1, -0.05) is 0 Å². The Kier molecular flexibility index (Phi) is 2.68. The molecule has 0 bridgehead atoms. The molecule has 1 aromatic heterocycles. The van der Waals surface area contributed by atoms with Crippen LogP contribution in [0.5, 0.6) is 0 Å². The molecular weight excluding hydrogens is 174 g/mol. The van der Waals surface area contributed by atoms with Crippen LogP contribution in [-0.2, 0) is 0 Å². The zero-order valence-corrected chi connectivity index (χ0v) is 8.82. The highest BCUT2D eigenvalue weighted by molar-refractivity contribution is 5.49. The van der Waals surface area contributed by atoms with Crippen molar-refractivity contribution >= 4 is 5.82 Å². The van der Waals surface area contributed by atoms with Crippen LogP contribution in [0.3, 0.4) is 0 Å². The molecule has 2 rings (SSSR count). The number of hydrogen-bond acceptors (Lipinski definition) is 2. The highest BCUT2D eigenvalue weighted by Gasteiger charge is 2.14. The Morgan fingerprint density at radius 1 is 1.21 bits per heavy atom. The predicted molar refractivity (Wildman–Crippen MR) is 57.8 cm³/mol. The van der Waals surface area contributed by atoms with Gasteiger partial charge in [-0.25, -0.2) is 10.3 Å². The fourth-order valence-corrected chi connectivity index (χ4v) is 1.75. The maximum atomic E-state index is 4.45. The first-order valence-corrected chi connectivity index (χ1v) is 5.09. The first-order chi connectivity index (χ1) is 6.79. The van der Waals surface area contributed by atoms with E-state index >= 15 is 0 Å². The second-order valence-electron chi connectivity index (χ2n) is 3.73. The monoisotopic (exact) mass is 190 g/mol.